The van der Waals surface area contributed by atoms with Gasteiger partial charge in [0.2, 0.25) is 0 Å². The summed E-state index contributed by atoms with van der Waals surface area (Å²) in [6.45, 7) is 10.3. The highest BCUT2D eigenvalue weighted by molar-refractivity contribution is 4.53. The Hall–Kier alpha value is -0.200. The summed E-state index contributed by atoms with van der Waals surface area (Å²) < 4.78 is 21.3. The van der Waals surface area contributed by atoms with Crippen molar-refractivity contribution in [1.29, 1.82) is 0 Å². The Kier molecular flexibility index (Phi) is 16.7. The maximum Gasteiger partial charge on any atom is 0.0704 e. The molecule has 0 aromatic rings. The lowest BCUT2D eigenvalue weighted by Crippen LogP contribution is -2.19. The van der Waals surface area contributed by atoms with E-state index in [2.05, 4.69) is 19.2 Å². The number of methoxy groups -OCH3 is 1. The number of nitrogens with one attached hydrogen (secondary N) is 1. The van der Waals surface area contributed by atoms with Crippen LogP contribution >= 0.6 is 0 Å². The average molecular weight is 291 g/mol. The zero-order chi connectivity index (χ0) is 14.9. The van der Waals surface area contributed by atoms with Crippen molar-refractivity contribution in [2.45, 2.75) is 39.2 Å². The molecule has 20 heavy (non-hydrogen) atoms. The fourth-order valence-electron chi connectivity index (χ4n) is 1.67. The molecule has 0 saturated heterocycles. The van der Waals surface area contributed by atoms with Gasteiger partial charge in [0.1, 0.15) is 0 Å². The Labute approximate surface area is 124 Å². The van der Waals surface area contributed by atoms with Gasteiger partial charge >= 0.3 is 0 Å². The fraction of sp³-hybridized carbons (Fsp3) is 1.00. The van der Waals surface area contributed by atoms with Gasteiger partial charge in [-0.2, -0.15) is 0 Å². The number of rotatable bonds is 16. The maximum absolute atomic E-state index is 5.68. The molecular weight excluding hydrogens is 258 g/mol. The fourth-order valence-corrected chi connectivity index (χ4v) is 1.67. The summed E-state index contributed by atoms with van der Waals surface area (Å²) >= 11 is 0. The molecule has 0 aliphatic heterocycles. The Morgan fingerprint density at radius 3 is 2.20 bits per heavy atom. The predicted molar refractivity (Wildman–Crippen MR) is 81.3 cm³/mol. The van der Waals surface area contributed by atoms with E-state index in [1.807, 2.05) is 0 Å². The van der Waals surface area contributed by atoms with E-state index in [4.69, 9.17) is 18.9 Å². The summed E-state index contributed by atoms with van der Waals surface area (Å²) in [7, 11) is 1.66. The van der Waals surface area contributed by atoms with Crippen molar-refractivity contribution in [3.63, 3.8) is 0 Å². The average Bonchev–Trinajstić information content (AvgIpc) is 2.45. The molecule has 0 aliphatic carbocycles. The monoisotopic (exact) mass is 291 g/mol. The topological polar surface area (TPSA) is 49.0 Å². The quantitative estimate of drug-likeness (QED) is 0.440. The first kappa shape index (κ1) is 19.8. The summed E-state index contributed by atoms with van der Waals surface area (Å²) in [5.74, 6) is 0. The van der Waals surface area contributed by atoms with Gasteiger partial charge in [-0.1, -0.05) is 6.92 Å². The summed E-state index contributed by atoms with van der Waals surface area (Å²) in [5.41, 5.74) is 0. The first-order valence-corrected chi connectivity index (χ1v) is 7.78. The molecule has 0 amide bonds. The van der Waals surface area contributed by atoms with Crippen LogP contribution in [0.15, 0.2) is 0 Å². The molecule has 0 heterocycles. The Morgan fingerprint density at radius 1 is 0.900 bits per heavy atom. The van der Waals surface area contributed by atoms with Crippen LogP contribution < -0.4 is 5.32 Å². The maximum atomic E-state index is 5.68. The van der Waals surface area contributed by atoms with Crippen LogP contribution in [0.2, 0.25) is 0 Å². The van der Waals surface area contributed by atoms with Crippen LogP contribution in [0.4, 0.5) is 0 Å². The van der Waals surface area contributed by atoms with E-state index in [1.165, 1.54) is 6.42 Å². The van der Waals surface area contributed by atoms with E-state index in [-0.39, 0.29) is 0 Å². The van der Waals surface area contributed by atoms with E-state index in [1.54, 1.807) is 7.11 Å². The van der Waals surface area contributed by atoms with Gasteiger partial charge in [-0.3, -0.25) is 0 Å². The van der Waals surface area contributed by atoms with E-state index in [9.17, 15) is 0 Å². The summed E-state index contributed by atoms with van der Waals surface area (Å²) in [4.78, 5) is 0. The number of ether oxygens (including phenoxy) is 4. The lowest BCUT2D eigenvalue weighted by Gasteiger charge is -2.13. The molecule has 0 fully saturated rings. The number of hydrogen-bond donors (Lipinski definition) is 1. The molecule has 0 aromatic carbocycles. The first-order valence-electron chi connectivity index (χ1n) is 7.78. The van der Waals surface area contributed by atoms with Crippen LogP contribution in [0.25, 0.3) is 0 Å². The summed E-state index contributed by atoms with van der Waals surface area (Å²) in [6.07, 6.45) is 3.75. The van der Waals surface area contributed by atoms with Crippen molar-refractivity contribution in [3.05, 3.63) is 0 Å². The zero-order valence-electron chi connectivity index (χ0n) is 13.5. The van der Waals surface area contributed by atoms with Crippen molar-refractivity contribution < 1.29 is 18.9 Å². The number of hydrogen-bond acceptors (Lipinski definition) is 5. The summed E-state index contributed by atoms with van der Waals surface area (Å²) in [6, 6.07) is 0. The highest BCUT2D eigenvalue weighted by Gasteiger charge is 2.01. The summed E-state index contributed by atoms with van der Waals surface area (Å²) in [5, 5.41) is 3.39. The van der Waals surface area contributed by atoms with Gasteiger partial charge in [0.25, 0.3) is 0 Å². The molecule has 5 nitrogen and oxygen atoms in total. The first-order chi connectivity index (χ1) is 9.81. The second-order valence-electron chi connectivity index (χ2n) is 4.79. The van der Waals surface area contributed by atoms with Crippen molar-refractivity contribution in [3.8, 4) is 0 Å². The zero-order valence-corrected chi connectivity index (χ0v) is 13.5. The Balaban J connectivity index is 3.09. The Bertz CT molecular complexity index is 181. The molecule has 5 heteroatoms. The van der Waals surface area contributed by atoms with E-state index in [0.717, 1.165) is 25.9 Å². The van der Waals surface area contributed by atoms with Crippen molar-refractivity contribution in [2.24, 2.45) is 0 Å². The molecule has 0 aromatic heterocycles. The minimum absolute atomic E-state index is 0.306. The largest absolute Gasteiger partial charge is 0.382 e. The van der Waals surface area contributed by atoms with Gasteiger partial charge in [0, 0.05) is 7.11 Å². The molecular formula is C15H33NO4. The minimum Gasteiger partial charge on any atom is -0.382 e. The van der Waals surface area contributed by atoms with Gasteiger partial charge in [-0.05, 0) is 39.3 Å². The second kappa shape index (κ2) is 16.9. The third-order valence-electron chi connectivity index (χ3n) is 2.82. The molecule has 0 radical (unpaired) electrons. The molecule has 1 N–H and O–H groups in total. The van der Waals surface area contributed by atoms with Crippen LogP contribution in [0.3, 0.4) is 0 Å². The van der Waals surface area contributed by atoms with E-state index >= 15 is 0 Å². The van der Waals surface area contributed by atoms with Crippen molar-refractivity contribution >= 4 is 0 Å². The van der Waals surface area contributed by atoms with E-state index in [0.29, 0.717) is 45.7 Å². The van der Waals surface area contributed by atoms with Gasteiger partial charge < -0.3 is 24.3 Å². The molecule has 0 bridgehead atoms. The molecule has 0 spiro atoms. The van der Waals surface area contributed by atoms with Gasteiger partial charge in [-0.15, -0.1) is 0 Å². The molecule has 1 atom stereocenters. The molecule has 1 unspecified atom stereocenters. The van der Waals surface area contributed by atoms with Gasteiger partial charge in [0.05, 0.1) is 45.7 Å². The normalized spacial score (nSPS) is 12.8. The highest BCUT2D eigenvalue weighted by atomic mass is 16.6. The van der Waals surface area contributed by atoms with Crippen molar-refractivity contribution in [1.82, 2.24) is 5.32 Å². The Morgan fingerprint density at radius 2 is 1.55 bits per heavy atom. The molecule has 122 valence electrons. The lowest BCUT2D eigenvalue weighted by atomic mass is 10.2. The molecule has 0 rings (SSSR count). The van der Waals surface area contributed by atoms with Crippen LogP contribution in [0.1, 0.15) is 33.1 Å². The van der Waals surface area contributed by atoms with Gasteiger partial charge in [-0.25, -0.2) is 0 Å². The standard InChI is InChI=1S/C15H33NO4/c1-4-7-16-8-5-6-15(2)20-14-13-19-12-11-18-10-9-17-3/h15-16H,4-14H2,1-3H3. The van der Waals surface area contributed by atoms with Crippen LogP contribution in [-0.4, -0.2) is 65.9 Å². The predicted octanol–water partition coefficient (Wildman–Crippen LogP) is 1.85. The third kappa shape index (κ3) is 15.9. The lowest BCUT2D eigenvalue weighted by molar-refractivity contribution is -0.0139. The van der Waals surface area contributed by atoms with E-state index < -0.39 is 0 Å². The van der Waals surface area contributed by atoms with Crippen LogP contribution in [0, 0.1) is 0 Å². The highest BCUT2D eigenvalue weighted by Crippen LogP contribution is 2.00. The molecule has 0 saturated carbocycles. The molecule has 0 aliphatic rings. The second-order valence-corrected chi connectivity index (χ2v) is 4.79. The van der Waals surface area contributed by atoms with Gasteiger partial charge in [0.15, 0.2) is 0 Å². The van der Waals surface area contributed by atoms with Crippen molar-refractivity contribution in [2.75, 3.05) is 59.8 Å². The SMILES string of the molecule is CCCNCCCC(C)OCCOCCOCCOC. The van der Waals surface area contributed by atoms with Crippen LogP contribution in [0.5, 0.6) is 0 Å². The van der Waals surface area contributed by atoms with Crippen LogP contribution in [-0.2, 0) is 18.9 Å². The smallest absolute Gasteiger partial charge is 0.0704 e. The third-order valence-corrected chi connectivity index (χ3v) is 2.82. The minimum atomic E-state index is 0.306.